The van der Waals surface area contributed by atoms with Gasteiger partial charge in [-0.05, 0) is 36.4 Å². The fourth-order valence-corrected chi connectivity index (χ4v) is 2.52. The number of carbonyl (C=O) groups excluding carboxylic acids is 2. The lowest BCUT2D eigenvalue weighted by molar-refractivity contribution is 0.0978. The predicted molar refractivity (Wildman–Crippen MR) is 81.7 cm³/mol. The molecule has 0 radical (unpaired) electrons. The van der Waals surface area contributed by atoms with Gasteiger partial charge in [-0.25, -0.2) is 0 Å². The lowest BCUT2D eigenvalue weighted by Gasteiger charge is -2.18. The number of benzene rings is 2. The van der Waals surface area contributed by atoms with Crippen LogP contribution in [0.15, 0.2) is 60.6 Å². The summed E-state index contributed by atoms with van der Waals surface area (Å²) in [6, 6.07) is 1.56. The van der Waals surface area contributed by atoms with Crippen molar-refractivity contribution in [1.29, 1.82) is 0 Å². The van der Waals surface area contributed by atoms with Crippen molar-refractivity contribution in [2.45, 2.75) is 0 Å². The van der Waals surface area contributed by atoms with E-state index in [9.17, 15) is 35.9 Å². The lowest BCUT2D eigenvalue weighted by atomic mass is 9.84. The van der Waals surface area contributed by atoms with Crippen molar-refractivity contribution in [3.8, 4) is 11.5 Å². The molecule has 0 amide bonds. The van der Waals surface area contributed by atoms with Crippen LogP contribution in [-0.4, -0.2) is 11.6 Å². The van der Waals surface area contributed by atoms with Crippen molar-refractivity contribution >= 4 is 11.6 Å². The van der Waals surface area contributed by atoms with Gasteiger partial charge in [-0.15, -0.1) is 0 Å². The van der Waals surface area contributed by atoms with Crippen LogP contribution in [0.1, 0.15) is 31.8 Å². The summed E-state index contributed by atoms with van der Waals surface area (Å²) in [7, 11) is 0. The van der Waals surface area contributed by atoms with Crippen LogP contribution in [0.25, 0.3) is 0 Å². The SMILES string of the molecule is O=C1c2ccc(OC(F)=C(F)F)cc2C(=O)c2ccc(OC(F)=C(F)F)cc21. The van der Waals surface area contributed by atoms with Crippen molar-refractivity contribution in [3.05, 3.63) is 82.8 Å². The van der Waals surface area contributed by atoms with E-state index in [1.165, 1.54) is 0 Å². The first kappa shape index (κ1) is 19.2. The Bertz CT molecular complexity index is 980. The fraction of sp³-hybridized carbons (Fsp3) is 0. The molecule has 0 atom stereocenters. The highest BCUT2D eigenvalue weighted by Crippen LogP contribution is 2.33. The molecule has 0 fully saturated rings. The molecule has 28 heavy (non-hydrogen) atoms. The molecule has 0 bridgehead atoms. The Hall–Kier alpha value is -3.56. The normalized spacial score (nSPS) is 12.1. The molecule has 144 valence electrons. The summed E-state index contributed by atoms with van der Waals surface area (Å²) < 4.78 is 82.9. The molecule has 0 unspecified atom stereocenters. The first-order valence-electron chi connectivity index (χ1n) is 7.33. The highest BCUT2D eigenvalue weighted by atomic mass is 19.3. The van der Waals surface area contributed by atoms with Gasteiger partial charge in [0.25, 0.3) is 0 Å². The Morgan fingerprint density at radius 1 is 0.571 bits per heavy atom. The van der Waals surface area contributed by atoms with Gasteiger partial charge < -0.3 is 9.47 Å². The maximum absolute atomic E-state index is 12.9. The van der Waals surface area contributed by atoms with Crippen LogP contribution in [0.3, 0.4) is 0 Å². The van der Waals surface area contributed by atoms with E-state index in [0.29, 0.717) is 0 Å². The van der Waals surface area contributed by atoms with Crippen LogP contribution in [0, 0.1) is 0 Å². The molecule has 0 saturated heterocycles. The number of ether oxygens (including phenoxy) is 2. The minimum absolute atomic E-state index is 0.167. The Morgan fingerprint density at radius 3 is 1.25 bits per heavy atom. The summed E-state index contributed by atoms with van der Waals surface area (Å²) in [6.45, 7) is 0. The summed E-state index contributed by atoms with van der Waals surface area (Å²) in [6.07, 6.45) is -5.41. The molecule has 0 spiro atoms. The van der Waals surface area contributed by atoms with E-state index < -0.39 is 47.3 Å². The zero-order valence-electron chi connectivity index (χ0n) is 13.4. The van der Waals surface area contributed by atoms with Crippen LogP contribution < -0.4 is 9.47 Å². The summed E-state index contributed by atoms with van der Waals surface area (Å²) in [5.74, 6) is -2.36. The number of carbonyl (C=O) groups is 2. The quantitative estimate of drug-likeness (QED) is 0.441. The van der Waals surface area contributed by atoms with E-state index in [1.54, 1.807) is 0 Å². The zero-order chi connectivity index (χ0) is 20.6. The lowest BCUT2D eigenvalue weighted by Crippen LogP contribution is -2.21. The van der Waals surface area contributed by atoms with Crippen molar-refractivity contribution in [3.63, 3.8) is 0 Å². The maximum Gasteiger partial charge on any atom is 0.344 e. The summed E-state index contributed by atoms with van der Waals surface area (Å²) in [5.41, 5.74) is -0.812. The van der Waals surface area contributed by atoms with Crippen molar-refractivity contribution in [2.75, 3.05) is 0 Å². The van der Waals surface area contributed by atoms with Crippen LogP contribution in [0.4, 0.5) is 26.3 Å². The number of rotatable bonds is 4. The van der Waals surface area contributed by atoms with Gasteiger partial charge in [-0.2, -0.15) is 26.3 Å². The third-order valence-corrected chi connectivity index (χ3v) is 3.67. The van der Waals surface area contributed by atoms with Gasteiger partial charge in [0, 0.05) is 22.3 Å². The number of ketones is 2. The molecule has 0 heterocycles. The van der Waals surface area contributed by atoms with E-state index in [-0.39, 0.29) is 22.3 Å². The molecule has 0 N–H and O–H groups in total. The van der Waals surface area contributed by atoms with Crippen molar-refractivity contribution < 1.29 is 45.4 Å². The highest BCUT2D eigenvalue weighted by molar-refractivity contribution is 6.28. The second-order valence-corrected chi connectivity index (χ2v) is 5.35. The van der Waals surface area contributed by atoms with Gasteiger partial charge >= 0.3 is 24.2 Å². The minimum atomic E-state index is -2.70. The summed E-state index contributed by atoms with van der Waals surface area (Å²) in [5, 5.41) is 0. The molecule has 2 aromatic carbocycles. The Kier molecular flexibility index (Phi) is 4.95. The number of fused-ring (bicyclic) bond motifs is 2. The average Bonchev–Trinajstić information content (AvgIpc) is 2.65. The monoisotopic (exact) mass is 400 g/mol. The average molecular weight is 400 g/mol. The third kappa shape index (κ3) is 3.48. The predicted octanol–water partition coefficient (Wildman–Crippen LogP) is 5.29. The topological polar surface area (TPSA) is 52.6 Å². The number of halogens is 6. The molecule has 2 aromatic rings. The molecule has 0 saturated carbocycles. The second-order valence-electron chi connectivity index (χ2n) is 5.35. The van der Waals surface area contributed by atoms with Crippen LogP contribution in [-0.2, 0) is 0 Å². The van der Waals surface area contributed by atoms with E-state index >= 15 is 0 Å². The molecular weight excluding hydrogens is 394 g/mol. The van der Waals surface area contributed by atoms with Gasteiger partial charge in [0.2, 0.25) is 0 Å². The molecule has 1 aliphatic rings. The van der Waals surface area contributed by atoms with Gasteiger partial charge in [-0.3, -0.25) is 9.59 Å². The highest BCUT2D eigenvalue weighted by Gasteiger charge is 2.31. The van der Waals surface area contributed by atoms with Crippen LogP contribution in [0.5, 0.6) is 11.5 Å². The maximum atomic E-state index is 12.9. The molecule has 0 aromatic heterocycles. The smallest absolute Gasteiger partial charge is 0.344 e. The van der Waals surface area contributed by atoms with Crippen molar-refractivity contribution in [2.24, 2.45) is 0 Å². The Balaban J connectivity index is 2.00. The molecule has 10 heteroatoms. The number of hydrogen-bond acceptors (Lipinski definition) is 4. The minimum Gasteiger partial charge on any atom is -0.428 e. The third-order valence-electron chi connectivity index (χ3n) is 3.67. The molecule has 4 nitrogen and oxygen atoms in total. The standard InChI is InChI=1S/C18H6F6O4/c19-15(20)17(23)27-7-1-3-9-11(5-7)14(26)10-4-2-8(6-12(10)13(9)25)28-18(24)16(21)22/h1-6H. The Morgan fingerprint density at radius 2 is 0.929 bits per heavy atom. The molecular formula is C18H6F6O4. The molecule has 1 aliphatic carbocycles. The van der Waals surface area contributed by atoms with Gasteiger partial charge in [0.05, 0.1) is 0 Å². The second kappa shape index (κ2) is 7.22. The largest absolute Gasteiger partial charge is 0.428 e. The van der Waals surface area contributed by atoms with Gasteiger partial charge in [0.15, 0.2) is 11.6 Å². The van der Waals surface area contributed by atoms with E-state index in [0.717, 1.165) is 36.4 Å². The van der Waals surface area contributed by atoms with E-state index in [4.69, 9.17) is 0 Å². The first-order chi connectivity index (χ1) is 13.2. The molecule has 0 aliphatic heterocycles. The fourth-order valence-electron chi connectivity index (χ4n) is 2.52. The summed E-state index contributed by atoms with van der Waals surface area (Å²) in [4.78, 5) is 25.1. The van der Waals surface area contributed by atoms with Gasteiger partial charge in [-0.1, -0.05) is 0 Å². The first-order valence-corrected chi connectivity index (χ1v) is 7.33. The van der Waals surface area contributed by atoms with E-state index in [2.05, 4.69) is 9.47 Å². The van der Waals surface area contributed by atoms with Gasteiger partial charge in [0.1, 0.15) is 11.5 Å². The van der Waals surface area contributed by atoms with E-state index in [1.807, 2.05) is 0 Å². The Labute approximate surface area is 152 Å². The van der Waals surface area contributed by atoms with Crippen LogP contribution >= 0.6 is 0 Å². The molecule has 3 rings (SSSR count). The van der Waals surface area contributed by atoms with Crippen molar-refractivity contribution in [1.82, 2.24) is 0 Å². The zero-order valence-corrected chi connectivity index (χ0v) is 13.4. The number of hydrogen-bond donors (Lipinski definition) is 0. The summed E-state index contributed by atoms with van der Waals surface area (Å²) >= 11 is 0. The van der Waals surface area contributed by atoms with Crippen LogP contribution in [0.2, 0.25) is 0 Å².